The molecule has 0 bridgehead atoms. The van der Waals surface area contributed by atoms with Gasteiger partial charge in [-0.15, -0.1) is 0 Å². The molecule has 2 unspecified atom stereocenters. The van der Waals surface area contributed by atoms with Crippen LogP contribution in [-0.2, 0) is 6.54 Å². The van der Waals surface area contributed by atoms with E-state index in [1.807, 2.05) is 23.9 Å². The minimum Gasteiger partial charge on any atom is -0.306 e. The van der Waals surface area contributed by atoms with E-state index >= 15 is 0 Å². The van der Waals surface area contributed by atoms with E-state index in [-0.39, 0.29) is 17.9 Å². The van der Waals surface area contributed by atoms with Gasteiger partial charge in [0.05, 0.1) is 12.7 Å². The average molecular weight is 248 g/mol. The van der Waals surface area contributed by atoms with E-state index in [0.29, 0.717) is 0 Å². The molecule has 0 aliphatic heterocycles. The summed E-state index contributed by atoms with van der Waals surface area (Å²) in [5.41, 5.74) is 0.849. The van der Waals surface area contributed by atoms with E-state index < -0.39 is 0 Å². The monoisotopic (exact) mass is 248 g/mol. The Balaban J connectivity index is 1.92. The van der Waals surface area contributed by atoms with Gasteiger partial charge in [-0.05, 0) is 31.5 Å². The van der Waals surface area contributed by atoms with Crippen molar-refractivity contribution in [1.82, 2.24) is 20.1 Å². The second-order valence-electron chi connectivity index (χ2n) is 4.45. The van der Waals surface area contributed by atoms with Crippen molar-refractivity contribution in [3.8, 4) is 0 Å². The van der Waals surface area contributed by atoms with E-state index in [0.717, 1.165) is 12.1 Å². The van der Waals surface area contributed by atoms with Crippen LogP contribution < -0.4 is 5.32 Å². The van der Waals surface area contributed by atoms with Crippen molar-refractivity contribution in [2.24, 2.45) is 0 Å². The first kappa shape index (κ1) is 12.7. The SMILES string of the molecule is CC(Cn1cccn1)NC(C)c1cncc(F)c1. The second kappa shape index (κ2) is 5.73. The summed E-state index contributed by atoms with van der Waals surface area (Å²) in [4.78, 5) is 3.86. The molecule has 5 heteroatoms. The van der Waals surface area contributed by atoms with E-state index in [1.54, 1.807) is 12.4 Å². The first-order valence-corrected chi connectivity index (χ1v) is 5.99. The summed E-state index contributed by atoms with van der Waals surface area (Å²) < 4.78 is 14.9. The summed E-state index contributed by atoms with van der Waals surface area (Å²) in [5, 5.41) is 7.55. The highest BCUT2D eigenvalue weighted by Gasteiger charge is 2.11. The van der Waals surface area contributed by atoms with Gasteiger partial charge in [0.15, 0.2) is 0 Å². The minimum atomic E-state index is -0.305. The van der Waals surface area contributed by atoms with E-state index in [9.17, 15) is 4.39 Å². The molecule has 1 N–H and O–H groups in total. The summed E-state index contributed by atoms with van der Waals surface area (Å²) in [6.07, 6.45) is 6.57. The summed E-state index contributed by atoms with van der Waals surface area (Å²) >= 11 is 0. The molecule has 2 heterocycles. The zero-order chi connectivity index (χ0) is 13.0. The fraction of sp³-hybridized carbons (Fsp3) is 0.385. The molecule has 0 radical (unpaired) electrons. The number of rotatable bonds is 5. The van der Waals surface area contributed by atoms with Crippen molar-refractivity contribution in [2.75, 3.05) is 0 Å². The predicted octanol–water partition coefficient (Wildman–Crippen LogP) is 2.16. The number of aromatic nitrogens is 3. The molecule has 0 saturated heterocycles. The maximum absolute atomic E-state index is 13.1. The topological polar surface area (TPSA) is 42.7 Å². The van der Waals surface area contributed by atoms with Gasteiger partial charge in [0.2, 0.25) is 0 Å². The maximum atomic E-state index is 13.1. The normalized spacial score (nSPS) is 14.4. The third-order valence-electron chi connectivity index (χ3n) is 2.78. The molecule has 0 spiro atoms. The number of halogens is 1. The molecule has 0 amide bonds. The van der Waals surface area contributed by atoms with Crippen LogP contribution in [0, 0.1) is 5.82 Å². The third kappa shape index (κ3) is 3.37. The van der Waals surface area contributed by atoms with Gasteiger partial charge in [0.1, 0.15) is 5.82 Å². The quantitative estimate of drug-likeness (QED) is 0.881. The summed E-state index contributed by atoms with van der Waals surface area (Å²) in [6, 6.07) is 3.69. The van der Waals surface area contributed by atoms with Crippen molar-refractivity contribution < 1.29 is 4.39 Å². The number of hydrogen-bond acceptors (Lipinski definition) is 3. The van der Waals surface area contributed by atoms with Crippen LogP contribution >= 0.6 is 0 Å². The highest BCUT2D eigenvalue weighted by atomic mass is 19.1. The summed E-state index contributed by atoms with van der Waals surface area (Å²) in [7, 11) is 0. The highest BCUT2D eigenvalue weighted by Crippen LogP contribution is 2.12. The molecule has 0 aromatic carbocycles. The van der Waals surface area contributed by atoms with Crippen molar-refractivity contribution >= 4 is 0 Å². The first-order chi connectivity index (χ1) is 8.65. The molecular formula is C13H17FN4. The number of nitrogens with one attached hydrogen (secondary N) is 1. The predicted molar refractivity (Wildman–Crippen MR) is 67.4 cm³/mol. The lowest BCUT2D eigenvalue weighted by Gasteiger charge is -2.20. The van der Waals surface area contributed by atoms with Gasteiger partial charge >= 0.3 is 0 Å². The maximum Gasteiger partial charge on any atom is 0.141 e. The van der Waals surface area contributed by atoms with Crippen LogP contribution in [0.2, 0.25) is 0 Å². The van der Waals surface area contributed by atoms with Gasteiger partial charge < -0.3 is 5.32 Å². The van der Waals surface area contributed by atoms with E-state index in [4.69, 9.17) is 0 Å². The molecule has 0 fully saturated rings. The van der Waals surface area contributed by atoms with Crippen molar-refractivity contribution in [1.29, 1.82) is 0 Å². The molecule has 4 nitrogen and oxygen atoms in total. The summed E-state index contributed by atoms with van der Waals surface area (Å²) in [6.45, 7) is 4.85. The number of nitrogens with zero attached hydrogens (tertiary/aromatic N) is 3. The van der Waals surface area contributed by atoms with Crippen LogP contribution in [-0.4, -0.2) is 20.8 Å². The minimum absolute atomic E-state index is 0.0544. The fourth-order valence-electron chi connectivity index (χ4n) is 1.93. The van der Waals surface area contributed by atoms with Crippen molar-refractivity contribution in [3.05, 3.63) is 48.3 Å². The molecule has 0 saturated carbocycles. The number of pyridine rings is 1. The van der Waals surface area contributed by atoms with Gasteiger partial charge in [-0.3, -0.25) is 9.67 Å². The molecule has 2 aromatic rings. The van der Waals surface area contributed by atoms with Crippen LogP contribution in [0.25, 0.3) is 0 Å². The zero-order valence-electron chi connectivity index (χ0n) is 10.5. The third-order valence-corrected chi connectivity index (χ3v) is 2.78. The zero-order valence-corrected chi connectivity index (χ0v) is 10.5. The smallest absolute Gasteiger partial charge is 0.141 e. The van der Waals surface area contributed by atoms with Crippen LogP contribution in [0.5, 0.6) is 0 Å². The summed E-state index contributed by atoms with van der Waals surface area (Å²) in [5.74, 6) is -0.305. The molecule has 0 aliphatic rings. The molecule has 0 aliphatic carbocycles. The Kier molecular flexibility index (Phi) is 4.04. The van der Waals surface area contributed by atoms with Crippen LogP contribution in [0.15, 0.2) is 36.9 Å². The molecular weight excluding hydrogens is 231 g/mol. The lowest BCUT2D eigenvalue weighted by molar-refractivity contribution is 0.411. The molecule has 2 aromatic heterocycles. The van der Waals surface area contributed by atoms with Gasteiger partial charge in [-0.1, -0.05) is 0 Å². The second-order valence-corrected chi connectivity index (χ2v) is 4.45. The Morgan fingerprint density at radius 3 is 2.89 bits per heavy atom. The van der Waals surface area contributed by atoms with Crippen molar-refractivity contribution in [2.45, 2.75) is 32.5 Å². The first-order valence-electron chi connectivity index (χ1n) is 5.99. The van der Waals surface area contributed by atoms with Gasteiger partial charge in [0, 0.05) is 30.7 Å². The number of hydrogen-bond donors (Lipinski definition) is 1. The fourth-order valence-corrected chi connectivity index (χ4v) is 1.93. The van der Waals surface area contributed by atoms with Crippen molar-refractivity contribution in [3.63, 3.8) is 0 Å². The molecule has 96 valence electrons. The standard InChI is InChI=1S/C13H17FN4/c1-10(9-18-5-3-4-16-18)17-11(2)12-6-13(14)8-15-7-12/h3-8,10-11,17H,9H2,1-2H3. The van der Waals surface area contributed by atoms with Gasteiger partial charge in [-0.25, -0.2) is 4.39 Å². The molecule has 18 heavy (non-hydrogen) atoms. The van der Waals surface area contributed by atoms with Crippen LogP contribution in [0.4, 0.5) is 4.39 Å². The molecule has 2 rings (SSSR count). The lowest BCUT2D eigenvalue weighted by Crippen LogP contribution is -2.32. The van der Waals surface area contributed by atoms with E-state index in [2.05, 4.69) is 22.3 Å². The largest absolute Gasteiger partial charge is 0.306 e. The average Bonchev–Trinajstić information content (AvgIpc) is 2.81. The molecule has 2 atom stereocenters. The lowest BCUT2D eigenvalue weighted by atomic mass is 10.1. The van der Waals surface area contributed by atoms with Crippen LogP contribution in [0.3, 0.4) is 0 Å². The Labute approximate surface area is 106 Å². The van der Waals surface area contributed by atoms with Gasteiger partial charge in [0.25, 0.3) is 0 Å². The van der Waals surface area contributed by atoms with E-state index in [1.165, 1.54) is 12.3 Å². The Morgan fingerprint density at radius 1 is 1.39 bits per heavy atom. The Hall–Kier alpha value is -1.75. The van der Waals surface area contributed by atoms with Gasteiger partial charge in [-0.2, -0.15) is 5.10 Å². The highest BCUT2D eigenvalue weighted by molar-refractivity contribution is 5.14. The van der Waals surface area contributed by atoms with Crippen LogP contribution in [0.1, 0.15) is 25.5 Å². The Morgan fingerprint density at radius 2 is 2.22 bits per heavy atom. The Bertz CT molecular complexity index is 483.